The third-order valence-electron chi connectivity index (χ3n) is 6.77. The quantitative estimate of drug-likeness (QED) is 0.121. The summed E-state index contributed by atoms with van der Waals surface area (Å²) >= 11 is 12.7. The molecule has 0 bridgehead atoms. The van der Waals surface area contributed by atoms with E-state index in [0.717, 1.165) is 5.56 Å². The maximum absolute atomic E-state index is 13.4. The van der Waals surface area contributed by atoms with Crippen molar-refractivity contribution in [3.8, 4) is 16.8 Å². The van der Waals surface area contributed by atoms with E-state index in [1.807, 2.05) is 12.1 Å². The van der Waals surface area contributed by atoms with Crippen molar-refractivity contribution >= 4 is 58.7 Å². The number of benzene rings is 3. The van der Waals surface area contributed by atoms with E-state index in [-0.39, 0.29) is 11.2 Å². The van der Waals surface area contributed by atoms with Gasteiger partial charge in [-0.25, -0.2) is 9.59 Å². The Morgan fingerprint density at radius 3 is 2.34 bits per heavy atom. The summed E-state index contributed by atoms with van der Waals surface area (Å²) in [4.78, 5) is 36.1. The monoisotopic (exact) mass is 672 g/mol. The maximum atomic E-state index is 13.4. The SMILES string of the molecule is CNC(=O)Nc1ccc(CC(NC(=O)C=Cc2cc(Cl)ccc2-n2cnnn2)c2cc(-c3ccc(NC(=O)O)cc3)c(Cl)nn2)cc1. The molecule has 0 spiro atoms. The van der Waals surface area contributed by atoms with Gasteiger partial charge in [0.25, 0.3) is 0 Å². The van der Waals surface area contributed by atoms with Crippen molar-refractivity contribution in [3.05, 3.63) is 112 Å². The first-order chi connectivity index (χ1) is 22.7. The van der Waals surface area contributed by atoms with Crippen molar-refractivity contribution in [3.63, 3.8) is 0 Å². The van der Waals surface area contributed by atoms with E-state index >= 15 is 0 Å². The summed E-state index contributed by atoms with van der Waals surface area (Å²) in [5.74, 6) is -0.432. The zero-order valence-electron chi connectivity index (χ0n) is 24.6. The van der Waals surface area contributed by atoms with E-state index in [4.69, 9.17) is 28.3 Å². The molecule has 2 heterocycles. The van der Waals surface area contributed by atoms with Gasteiger partial charge in [-0.1, -0.05) is 47.5 Å². The third-order valence-corrected chi connectivity index (χ3v) is 7.28. The molecule has 16 heteroatoms. The lowest BCUT2D eigenvalue weighted by Crippen LogP contribution is -2.29. The Labute approximate surface area is 277 Å². The minimum Gasteiger partial charge on any atom is -0.465 e. The molecule has 0 fully saturated rings. The van der Waals surface area contributed by atoms with Gasteiger partial charge in [0.2, 0.25) is 5.91 Å². The second-order valence-electron chi connectivity index (χ2n) is 9.94. The largest absolute Gasteiger partial charge is 0.465 e. The fourth-order valence-electron chi connectivity index (χ4n) is 4.53. The van der Waals surface area contributed by atoms with E-state index in [0.29, 0.717) is 50.9 Å². The topological polar surface area (TPSA) is 189 Å². The van der Waals surface area contributed by atoms with Gasteiger partial charge in [0.15, 0.2) is 5.15 Å². The first kappa shape index (κ1) is 32.5. The minimum absolute atomic E-state index is 0.124. The second kappa shape index (κ2) is 14.9. The van der Waals surface area contributed by atoms with Crippen LogP contribution >= 0.6 is 23.2 Å². The van der Waals surface area contributed by atoms with Gasteiger partial charge in [0.1, 0.15) is 6.33 Å². The Hall–Kier alpha value is -5.86. The van der Waals surface area contributed by atoms with Crippen molar-refractivity contribution in [1.82, 2.24) is 41.0 Å². The van der Waals surface area contributed by atoms with Crippen LogP contribution in [0.1, 0.15) is 22.9 Å². The number of nitrogens with zero attached hydrogens (tertiary/aromatic N) is 6. The lowest BCUT2D eigenvalue weighted by molar-refractivity contribution is -0.117. The van der Waals surface area contributed by atoms with Crippen LogP contribution < -0.4 is 21.3 Å². The number of tetrazole rings is 1. The zero-order chi connectivity index (χ0) is 33.3. The van der Waals surface area contributed by atoms with E-state index < -0.39 is 18.0 Å². The molecule has 3 aromatic carbocycles. The van der Waals surface area contributed by atoms with Gasteiger partial charge >= 0.3 is 12.1 Å². The number of rotatable bonds is 10. The Kier molecular flexibility index (Phi) is 10.3. The normalized spacial score (nSPS) is 11.6. The molecule has 1 unspecified atom stereocenters. The molecule has 4 amide bonds. The van der Waals surface area contributed by atoms with Gasteiger partial charge in [0, 0.05) is 40.6 Å². The summed E-state index contributed by atoms with van der Waals surface area (Å²) in [6.07, 6.45) is 3.51. The second-order valence-corrected chi connectivity index (χ2v) is 10.7. The average Bonchev–Trinajstić information content (AvgIpc) is 3.60. The molecule has 14 nitrogen and oxygen atoms in total. The van der Waals surface area contributed by atoms with E-state index in [1.54, 1.807) is 66.7 Å². The van der Waals surface area contributed by atoms with Crippen LogP contribution in [0.15, 0.2) is 85.2 Å². The van der Waals surface area contributed by atoms with Crippen molar-refractivity contribution in [2.75, 3.05) is 17.7 Å². The highest BCUT2D eigenvalue weighted by molar-refractivity contribution is 6.32. The molecular weight excluding hydrogens is 647 g/mol. The highest BCUT2D eigenvalue weighted by Crippen LogP contribution is 2.30. The Morgan fingerprint density at radius 2 is 1.66 bits per heavy atom. The number of hydrogen-bond donors (Lipinski definition) is 5. The van der Waals surface area contributed by atoms with Gasteiger partial charge in [-0.05, 0) is 82.6 Å². The highest BCUT2D eigenvalue weighted by Gasteiger charge is 2.20. The fraction of sp³-hybridized carbons (Fsp3) is 0.0968. The van der Waals surface area contributed by atoms with Crippen LogP contribution in [0.25, 0.3) is 22.9 Å². The molecule has 0 aliphatic rings. The first-order valence-corrected chi connectivity index (χ1v) is 14.7. The summed E-state index contributed by atoms with van der Waals surface area (Å²) in [6, 6.07) is 19.5. The molecule has 5 aromatic rings. The number of hydrogen-bond acceptors (Lipinski definition) is 8. The zero-order valence-corrected chi connectivity index (χ0v) is 26.1. The number of aromatic nitrogens is 6. The number of urea groups is 1. The van der Waals surface area contributed by atoms with Gasteiger partial charge < -0.3 is 21.1 Å². The molecular formula is C31H26Cl2N10O4. The van der Waals surface area contributed by atoms with Crippen molar-refractivity contribution in [2.24, 2.45) is 0 Å². The van der Waals surface area contributed by atoms with Crippen LogP contribution in [0.5, 0.6) is 0 Å². The molecule has 47 heavy (non-hydrogen) atoms. The standard InChI is InChI=1S/C31H26Cl2N10O4/c1-34-30(45)36-22-8-2-18(3-9-22)14-25(26-16-24(29(33)40-39-26)19-4-10-23(11-5-19)37-31(46)47)38-28(44)13-6-20-15-21(32)7-12-27(20)43-17-35-41-42-43/h2-13,15-17,25,37H,14H2,1H3,(H,38,44)(H,46,47)(H2,34,36,45). The van der Waals surface area contributed by atoms with Crippen LogP contribution in [-0.2, 0) is 11.2 Å². The number of anilines is 2. The van der Waals surface area contributed by atoms with E-state index in [1.165, 1.54) is 24.1 Å². The van der Waals surface area contributed by atoms with Gasteiger partial charge in [0.05, 0.1) is 17.4 Å². The molecule has 0 aliphatic carbocycles. The van der Waals surface area contributed by atoms with Crippen LogP contribution in [0.2, 0.25) is 10.2 Å². The molecule has 238 valence electrons. The lowest BCUT2D eigenvalue weighted by Gasteiger charge is -2.19. The van der Waals surface area contributed by atoms with Crippen molar-refractivity contribution < 1.29 is 19.5 Å². The van der Waals surface area contributed by atoms with E-state index in [2.05, 4.69) is 47.0 Å². The predicted octanol–water partition coefficient (Wildman–Crippen LogP) is 5.38. The van der Waals surface area contributed by atoms with Gasteiger partial charge in [-0.3, -0.25) is 10.1 Å². The minimum atomic E-state index is -1.18. The summed E-state index contributed by atoms with van der Waals surface area (Å²) in [5.41, 5.74) is 4.63. The number of amides is 4. The summed E-state index contributed by atoms with van der Waals surface area (Å²) < 4.78 is 1.45. The first-order valence-electron chi connectivity index (χ1n) is 13.9. The number of nitrogens with one attached hydrogen (secondary N) is 4. The molecule has 0 aliphatic heterocycles. The summed E-state index contributed by atoms with van der Waals surface area (Å²) in [5, 5.41) is 39.8. The molecule has 0 saturated carbocycles. The molecule has 0 radical (unpaired) electrons. The Bertz CT molecular complexity index is 1920. The number of halogens is 2. The lowest BCUT2D eigenvalue weighted by atomic mass is 10.00. The van der Waals surface area contributed by atoms with Crippen LogP contribution in [0.3, 0.4) is 0 Å². The van der Waals surface area contributed by atoms with Gasteiger partial charge in [-0.2, -0.15) is 9.78 Å². The van der Waals surface area contributed by atoms with Gasteiger partial charge in [-0.15, -0.1) is 10.2 Å². The highest BCUT2D eigenvalue weighted by atomic mass is 35.5. The Balaban J connectivity index is 1.44. The molecule has 1 atom stereocenters. The number of carboxylic acid groups (broad SMARTS) is 1. The smallest absolute Gasteiger partial charge is 0.409 e. The maximum Gasteiger partial charge on any atom is 0.409 e. The van der Waals surface area contributed by atoms with Crippen LogP contribution in [-0.4, -0.2) is 60.6 Å². The molecule has 0 saturated heterocycles. The number of carbonyl (C=O) groups excluding carboxylic acids is 2. The Morgan fingerprint density at radius 1 is 0.936 bits per heavy atom. The predicted molar refractivity (Wildman–Crippen MR) is 176 cm³/mol. The molecule has 5 N–H and O–H groups in total. The van der Waals surface area contributed by atoms with E-state index in [9.17, 15) is 14.4 Å². The summed E-state index contributed by atoms with van der Waals surface area (Å²) in [7, 11) is 1.52. The molecule has 5 rings (SSSR count). The fourth-order valence-corrected chi connectivity index (χ4v) is 4.91. The third kappa shape index (κ3) is 8.65. The van der Waals surface area contributed by atoms with Crippen LogP contribution in [0.4, 0.5) is 21.0 Å². The van der Waals surface area contributed by atoms with Crippen molar-refractivity contribution in [2.45, 2.75) is 12.5 Å². The summed E-state index contributed by atoms with van der Waals surface area (Å²) in [6.45, 7) is 0. The van der Waals surface area contributed by atoms with Crippen molar-refractivity contribution in [1.29, 1.82) is 0 Å². The molecule has 2 aromatic heterocycles. The van der Waals surface area contributed by atoms with Crippen LogP contribution in [0, 0.1) is 0 Å². The average molecular weight is 674 g/mol. The number of carbonyl (C=O) groups is 3.